The highest BCUT2D eigenvalue weighted by Crippen LogP contribution is 2.11. The third-order valence-corrected chi connectivity index (χ3v) is 2.08. The van der Waals surface area contributed by atoms with Crippen LogP contribution in [-0.4, -0.2) is 0 Å². The van der Waals surface area contributed by atoms with Gasteiger partial charge in [0.15, 0.2) is 0 Å². The van der Waals surface area contributed by atoms with Crippen molar-refractivity contribution in [3.8, 4) is 0 Å². The van der Waals surface area contributed by atoms with E-state index in [1.165, 1.54) is 16.7 Å². The molecule has 0 aliphatic carbocycles. The molecule has 0 unspecified atom stereocenters. The first-order valence-electron chi connectivity index (χ1n) is 4.48. The summed E-state index contributed by atoms with van der Waals surface area (Å²) in [6.07, 6.45) is 5.46. The van der Waals surface area contributed by atoms with E-state index in [4.69, 9.17) is 0 Å². The average molecular weight is 160 g/mol. The van der Waals surface area contributed by atoms with Gasteiger partial charge < -0.3 is 0 Å². The normalized spacial score (nSPS) is 10.9. The van der Waals surface area contributed by atoms with Crippen LogP contribution in [0.5, 0.6) is 0 Å². The Balaban J connectivity index is 2.89. The maximum Gasteiger partial charge on any atom is -0.0257 e. The van der Waals surface area contributed by atoms with Crippen LogP contribution >= 0.6 is 0 Å². The second kappa shape index (κ2) is 4.10. The summed E-state index contributed by atoms with van der Waals surface area (Å²) in [5.74, 6) is 0. The van der Waals surface area contributed by atoms with Gasteiger partial charge >= 0.3 is 0 Å². The van der Waals surface area contributed by atoms with Crippen molar-refractivity contribution in [3.63, 3.8) is 0 Å². The number of aryl methyl sites for hydroxylation is 2. The molecule has 0 fully saturated rings. The highest BCUT2D eigenvalue weighted by atomic mass is 14.0. The van der Waals surface area contributed by atoms with E-state index < -0.39 is 0 Å². The molecule has 0 nitrogen and oxygen atoms in total. The Hall–Kier alpha value is -1.04. The van der Waals surface area contributed by atoms with Gasteiger partial charge in [-0.2, -0.15) is 0 Å². The molecule has 0 heteroatoms. The maximum atomic E-state index is 2.22. The molecule has 1 aromatic carbocycles. The molecule has 0 aromatic heterocycles. The van der Waals surface area contributed by atoms with Gasteiger partial charge in [-0.25, -0.2) is 0 Å². The Kier molecular flexibility index (Phi) is 3.09. The second-order valence-electron chi connectivity index (χ2n) is 3.15. The smallest absolute Gasteiger partial charge is 0.0257 e. The molecule has 1 rings (SSSR count). The van der Waals surface area contributed by atoms with E-state index in [1.807, 2.05) is 0 Å². The third kappa shape index (κ3) is 2.23. The topological polar surface area (TPSA) is 0 Å². The summed E-state index contributed by atoms with van der Waals surface area (Å²) in [6.45, 7) is 6.44. The minimum atomic E-state index is 1.10. The molecule has 0 saturated carbocycles. The van der Waals surface area contributed by atoms with E-state index >= 15 is 0 Å². The summed E-state index contributed by atoms with van der Waals surface area (Å²) in [6, 6.07) is 6.56. The molecule has 12 heavy (non-hydrogen) atoms. The zero-order valence-corrected chi connectivity index (χ0v) is 8.09. The first-order valence-corrected chi connectivity index (χ1v) is 4.48. The minimum absolute atomic E-state index is 1.10. The number of benzene rings is 1. The lowest BCUT2D eigenvalue weighted by molar-refractivity contribution is 1.23. The third-order valence-electron chi connectivity index (χ3n) is 2.08. The lowest BCUT2D eigenvalue weighted by atomic mass is 10.1. The molecule has 0 aliphatic heterocycles. The first-order chi connectivity index (χ1) is 5.74. The van der Waals surface area contributed by atoms with Crippen LogP contribution in [0.3, 0.4) is 0 Å². The molecule has 64 valence electrons. The maximum absolute atomic E-state index is 2.22. The summed E-state index contributed by atoms with van der Waals surface area (Å²) in [5.41, 5.74) is 4.04. The summed E-state index contributed by atoms with van der Waals surface area (Å²) in [7, 11) is 0. The monoisotopic (exact) mass is 160 g/mol. The molecule has 0 atom stereocenters. The number of hydrogen-bond acceptors (Lipinski definition) is 0. The minimum Gasteiger partial charge on any atom is -0.0842 e. The molecule has 0 aliphatic rings. The van der Waals surface area contributed by atoms with Crippen LogP contribution in [0.15, 0.2) is 24.3 Å². The van der Waals surface area contributed by atoms with Gasteiger partial charge in [0, 0.05) is 0 Å². The second-order valence-corrected chi connectivity index (χ2v) is 3.15. The SMILES string of the molecule is CC/C=C/c1ccc(C)c(C)c1. The fourth-order valence-corrected chi connectivity index (χ4v) is 1.12. The predicted molar refractivity (Wildman–Crippen MR) is 55.2 cm³/mol. The van der Waals surface area contributed by atoms with E-state index in [-0.39, 0.29) is 0 Å². The summed E-state index contributed by atoms with van der Waals surface area (Å²) < 4.78 is 0. The zero-order chi connectivity index (χ0) is 8.97. The van der Waals surface area contributed by atoms with Gasteiger partial charge in [-0.15, -0.1) is 0 Å². The molecule has 0 heterocycles. The quantitative estimate of drug-likeness (QED) is 0.618. The number of hydrogen-bond donors (Lipinski definition) is 0. The molecule has 0 bridgehead atoms. The molecule has 0 amide bonds. The molecular formula is C12H16. The summed E-state index contributed by atoms with van der Waals surface area (Å²) >= 11 is 0. The Morgan fingerprint density at radius 3 is 2.50 bits per heavy atom. The van der Waals surface area contributed by atoms with Crippen molar-refractivity contribution in [2.75, 3.05) is 0 Å². The van der Waals surface area contributed by atoms with Crippen molar-refractivity contribution in [1.82, 2.24) is 0 Å². The van der Waals surface area contributed by atoms with Crippen LogP contribution in [0.1, 0.15) is 30.0 Å². The Morgan fingerprint density at radius 2 is 1.92 bits per heavy atom. The van der Waals surface area contributed by atoms with E-state index in [0.717, 1.165) is 6.42 Å². The molecule has 0 radical (unpaired) electrons. The summed E-state index contributed by atoms with van der Waals surface area (Å²) in [4.78, 5) is 0. The zero-order valence-electron chi connectivity index (χ0n) is 8.09. The van der Waals surface area contributed by atoms with Crippen LogP contribution in [0.2, 0.25) is 0 Å². The van der Waals surface area contributed by atoms with Crippen molar-refractivity contribution in [2.45, 2.75) is 27.2 Å². The van der Waals surface area contributed by atoms with Gasteiger partial charge in [0.25, 0.3) is 0 Å². The molecule has 0 saturated heterocycles. The van der Waals surface area contributed by atoms with Gasteiger partial charge in [0.2, 0.25) is 0 Å². The molecule has 1 aromatic rings. The van der Waals surface area contributed by atoms with Crippen LogP contribution < -0.4 is 0 Å². The van der Waals surface area contributed by atoms with Gasteiger partial charge in [0.05, 0.1) is 0 Å². The standard InChI is InChI=1S/C12H16/c1-4-5-6-12-8-7-10(2)11(3)9-12/h5-9H,4H2,1-3H3/b6-5+. The van der Waals surface area contributed by atoms with Crippen molar-refractivity contribution in [2.24, 2.45) is 0 Å². The van der Waals surface area contributed by atoms with Crippen LogP contribution in [0, 0.1) is 13.8 Å². The van der Waals surface area contributed by atoms with E-state index in [9.17, 15) is 0 Å². The van der Waals surface area contributed by atoms with Crippen LogP contribution in [0.4, 0.5) is 0 Å². The Labute approximate surface area is 74.9 Å². The van der Waals surface area contributed by atoms with Crippen LogP contribution in [-0.2, 0) is 0 Å². The molecule has 0 N–H and O–H groups in total. The van der Waals surface area contributed by atoms with Crippen molar-refractivity contribution >= 4 is 6.08 Å². The molecule has 0 spiro atoms. The largest absolute Gasteiger partial charge is 0.0842 e. The predicted octanol–water partition coefficient (Wildman–Crippen LogP) is 3.73. The fraction of sp³-hybridized carbons (Fsp3) is 0.333. The fourth-order valence-electron chi connectivity index (χ4n) is 1.12. The average Bonchev–Trinajstić information content (AvgIpc) is 2.07. The van der Waals surface area contributed by atoms with Gasteiger partial charge in [-0.3, -0.25) is 0 Å². The number of rotatable bonds is 2. The highest BCUT2D eigenvalue weighted by molar-refractivity contribution is 5.51. The Bertz CT molecular complexity index is 282. The van der Waals surface area contributed by atoms with Crippen molar-refractivity contribution in [1.29, 1.82) is 0 Å². The van der Waals surface area contributed by atoms with Crippen molar-refractivity contribution < 1.29 is 0 Å². The summed E-state index contributed by atoms with van der Waals surface area (Å²) in [5, 5.41) is 0. The number of allylic oxidation sites excluding steroid dienone is 1. The van der Waals surface area contributed by atoms with Crippen molar-refractivity contribution in [3.05, 3.63) is 41.0 Å². The van der Waals surface area contributed by atoms with Gasteiger partial charge in [0.1, 0.15) is 0 Å². The highest BCUT2D eigenvalue weighted by Gasteiger charge is 1.91. The van der Waals surface area contributed by atoms with Crippen LogP contribution in [0.25, 0.3) is 6.08 Å². The lowest BCUT2D eigenvalue weighted by Crippen LogP contribution is -1.80. The van der Waals surface area contributed by atoms with Gasteiger partial charge in [-0.05, 0) is 37.0 Å². The van der Waals surface area contributed by atoms with E-state index in [0.29, 0.717) is 0 Å². The first kappa shape index (κ1) is 9.05. The van der Waals surface area contributed by atoms with E-state index in [1.54, 1.807) is 0 Å². The Morgan fingerprint density at radius 1 is 1.17 bits per heavy atom. The van der Waals surface area contributed by atoms with Gasteiger partial charge in [-0.1, -0.05) is 37.3 Å². The lowest BCUT2D eigenvalue weighted by Gasteiger charge is -2.00. The van der Waals surface area contributed by atoms with E-state index in [2.05, 4.69) is 51.1 Å². The molecular weight excluding hydrogens is 144 g/mol.